The molecule has 0 fully saturated rings. The summed E-state index contributed by atoms with van der Waals surface area (Å²) in [5.41, 5.74) is 3.32. The molecule has 0 saturated heterocycles. The third-order valence-electron chi connectivity index (χ3n) is 1.02. The number of benzene rings is 1. The monoisotopic (exact) mass is 129 g/mol. The highest BCUT2D eigenvalue weighted by Crippen LogP contribution is 2.07. The van der Waals surface area contributed by atoms with E-state index in [9.17, 15) is 0 Å². The summed E-state index contributed by atoms with van der Waals surface area (Å²) in [6, 6.07) is 9.57. The van der Waals surface area contributed by atoms with Crippen LogP contribution in [0.25, 0.3) is 0 Å². The Labute approximate surface area is 60.0 Å². The quantitative estimate of drug-likeness (QED) is 0.407. The lowest BCUT2D eigenvalue weighted by Gasteiger charge is -1.84. The van der Waals surface area contributed by atoms with Gasteiger partial charge in [-0.15, -0.1) is 0 Å². The lowest BCUT2D eigenvalue weighted by molar-refractivity contribution is 1.55. The molecule has 0 aliphatic heterocycles. The number of rotatable bonds is 1. The smallest absolute Gasteiger partial charge is 0.0737 e. The van der Waals surface area contributed by atoms with E-state index in [0.717, 1.165) is 5.69 Å². The Morgan fingerprint density at radius 1 is 1.20 bits per heavy atom. The van der Waals surface area contributed by atoms with Crippen molar-refractivity contribution in [3.05, 3.63) is 42.6 Å². The zero-order chi connectivity index (χ0) is 7.23. The topological polar surface area (TPSA) is 12.4 Å². The second kappa shape index (κ2) is 3.47. The minimum absolute atomic E-state index is 0.874. The van der Waals surface area contributed by atoms with Crippen LogP contribution in [0, 0.1) is 0 Å². The van der Waals surface area contributed by atoms with Gasteiger partial charge in [0.05, 0.1) is 5.69 Å². The van der Waals surface area contributed by atoms with Crippen molar-refractivity contribution in [1.82, 2.24) is 0 Å². The number of aliphatic imine (C=N–C) groups is 1. The fourth-order valence-electron chi connectivity index (χ4n) is 0.607. The van der Waals surface area contributed by atoms with Gasteiger partial charge < -0.3 is 0 Å². The molecule has 0 atom stereocenters. The molecule has 10 heavy (non-hydrogen) atoms. The highest BCUT2D eigenvalue weighted by Gasteiger charge is 1.79. The van der Waals surface area contributed by atoms with Crippen molar-refractivity contribution in [1.29, 1.82) is 0 Å². The molecule has 0 aliphatic rings. The fraction of sp³-hybridized carbons (Fsp3) is 0. The van der Waals surface area contributed by atoms with Crippen LogP contribution in [-0.4, -0.2) is 5.87 Å². The molecule has 0 unspecified atom stereocenters. The molecule has 0 amide bonds. The van der Waals surface area contributed by atoms with E-state index in [-0.39, 0.29) is 0 Å². The predicted molar refractivity (Wildman–Crippen MR) is 42.7 cm³/mol. The first-order valence-corrected chi connectivity index (χ1v) is 2.96. The first-order chi connectivity index (χ1) is 4.93. The summed E-state index contributed by atoms with van der Waals surface area (Å²) >= 11 is 0. The highest BCUT2D eigenvalue weighted by atomic mass is 14.7. The minimum Gasteiger partial charge on any atom is -0.198 e. The van der Waals surface area contributed by atoms with Crippen LogP contribution in [-0.2, 0) is 0 Å². The molecule has 0 aliphatic carbocycles. The summed E-state index contributed by atoms with van der Waals surface area (Å²) < 4.78 is 0. The maximum absolute atomic E-state index is 3.90. The van der Waals surface area contributed by atoms with Crippen LogP contribution in [0.1, 0.15) is 0 Å². The van der Waals surface area contributed by atoms with Gasteiger partial charge in [0.2, 0.25) is 0 Å². The second-order valence-corrected chi connectivity index (χ2v) is 1.74. The Bertz CT molecular complexity index is 275. The third-order valence-corrected chi connectivity index (χ3v) is 1.02. The first kappa shape index (κ1) is 6.57. The molecule has 1 heteroatoms. The van der Waals surface area contributed by atoms with Gasteiger partial charge >= 0.3 is 0 Å². The third kappa shape index (κ3) is 1.75. The van der Waals surface area contributed by atoms with E-state index in [1.54, 1.807) is 0 Å². The molecule has 1 aromatic rings. The molecular formula is C9H7N. The number of hydrogen-bond acceptors (Lipinski definition) is 1. The van der Waals surface area contributed by atoms with Crippen molar-refractivity contribution in [2.75, 3.05) is 0 Å². The molecule has 0 aromatic heterocycles. The van der Waals surface area contributed by atoms with Crippen LogP contribution in [0.4, 0.5) is 5.69 Å². The second-order valence-electron chi connectivity index (χ2n) is 1.74. The molecule has 0 spiro atoms. The Hall–Kier alpha value is -1.55. The average molecular weight is 129 g/mol. The van der Waals surface area contributed by atoms with Crippen molar-refractivity contribution in [2.24, 2.45) is 4.99 Å². The summed E-state index contributed by atoms with van der Waals surface area (Å²) in [6.45, 7) is 3.35. The molecular weight excluding hydrogens is 122 g/mol. The van der Waals surface area contributed by atoms with Crippen molar-refractivity contribution >= 4 is 11.6 Å². The Morgan fingerprint density at radius 3 is 2.50 bits per heavy atom. The average Bonchev–Trinajstić information content (AvgIpc) is 2.03. The van der Waals surface area contributed by atoms with Gasteiger partial charge in [0.25, 0.3) is 0 Å². The molecule has 0 bridgehead atoms. The summed E-state index contributed by atoms with van der Waals surface area (Å²) in [5.74, 6) is 2.53. The zero-order valence-electron chi connectivity index (χ0n) is 5.54. The van der Waals surface area contributed by atoms with Crippen LogP contribution in [0.3, 0.4) is 0 Å². The van der Waals surface area contributed by atoms with Crippen LogP contribution >= 0.6 is 0 Å². The predicted octanol–water partition coefficient (Wildman–Crippen LogP) is 2.33. The van der Waals surface area contributed by atoms with Crippen LogP contribution in [0.15, 0.2) is 47.6 Å². The maximum Gasteiger partial charge on any atom is 0.0737 e. The summed E-state index contributed by atoms with van der Waals surface area (Å²) in [6.07, 6.45) is 0. The molecule has 0 saturated carbocycles. The number of para-hydroxylation sites is 1. The van der Waals surface area contributed by atoms with Gasteiger partial charge in [0.1, 0.15) is 0 Å². The number of nitrogens with zero attached hydrogens (tertiary/aromatic N) is 1. The number of hydrogen-bond donors (Lipinski definition) is 0. The van der Waals surface area contributed by atoms with Gasteiger partial charge in [-0.05, 0) is 18.7 Å². The van der Waals surface area contributed by atoms with Gasteiger partial charge in [0, 0.05) is 5.87 Å². The minimum atomic E-state index is 0.874. The standard InChI is InChI=1S/C9H7N/c1-2-8-10-9-6-4-3-5-7-9/h3-7H,1H2. The van der Waals surface area contributed by atoms with Crippen molar-refractivity contribution in [3.63, 3.8) is 0 Å². The van der Waals surface area contributed by atoms with Gasteiger partial charge in [-0.25, -0.2) is 0 Å². The molecule has 1 rings (SSSR count). The van der Waals surface area contributed by atoms with Gasteiger partial charge in [-0.2, -0.15) is 4.99 Å². The van der Waals surface area contributed by atoms with E-state index in [0.29, 0.717) is 0 Å². The summed E-state index contributed by atoms with van der Waals surface area (Å²) in [5, 5.41) is 0. The summed E-state index contributed by atoms with van der Waals surface area (Å²) in [4.78, 5) is 3.90. The van der Waals surface area contributed by atoms with Gasteiger partial charge in [0.15, 0.2) is 0 Å². The first-order valence-electron chi connectivity index (χ1n) is 2.96. The molecule has 1 aromatic carbocycles. The lowest BCUT2D eigenvalue weighted by Crippen LogP contribution is -1.59. The Kier molecular flexibility index (Phi) is 2.28. The van der Waals surface area contributed by atoms with E-state index >= 15 is 0 Å². The molecule has 0 radical (unpaired) electrons. The van der Waals surface area contributed by atoms with Gasteiger partial charge in [-0.1, -0.05) is 23.9 Å². The SMILES string of the molecule is C=C=C=Nc1ccccc1. The van der Waals surface area contributed by atoms with E-state index in [1.807, 2.05) is 30.3 Å². The van der Waals surface area contributed by atoms with Crippen LogP contribution < -0.4 is 0 Å². The van der Waals surface area contributed by atoms with Crippen LogP contribution in [0.2, 0.25) is 0 Å². The molecule has 0 N–H and O–H groups in total. The van der Waals surface area contributed by atoms with Crippen molar-refractivity contribution in [3.8, 4) is 0 Å². The van der Waals surface area contributed by atoms with E-state index in [4.69, 9.17) is 0 Å². The van der Waals surface area contributed by atoms with Crippen LogP contribution in [0.5, 0.6) is 0 Å². The Balaban J connectivity index is 2.97. The fourth-order valence-corrected chi connectivity index (χ4v) is 0.607. The van der Waals surface area contributed by atoms with Crippen molar-refractivity contribution < 1.29 is 0 Å². The normalized spacial score (nSPS) is 7.60. The highest BCUT2D eigenvalue weighted by molar-refractivity contribution is 5.56. The molecule has 48 valence electrons. The lowest BCUT2D eigenvalue weighted by atomic mass is 10.3. The van der Waals surface area contributed by atoms with Gasteiger partial charge in [-0.3, -0.25) is 0 Å². The van der Waals surface area contributed by atoms with E-state index in [2.05, 4.69) is 23.2 Å². The maximum atomic E-state index is 3.90. The summed E-state index contributed by atoms with van der Waals surface area (Å²) in [7, 11) is 0. The van der Waals surface area contributed by atoms with E-state index < -0.39 is 0 Å². The Morgan fingerprint density at radius 2 is 1.90 bits per heavy atom. The molecule has 0 heterocycles. The molecule has 1 nitrogen and oxygen atoms in total. The largest absolute Gasteiger partial charge is 0.198 e. The van der Waals surface area contributed by atoms with E-state index in [1.165, 1.54) is 0 Å². The van der Waals surface area contributed by atoms with Crippen molar-refractivity contribution in [2.45, 2.75) is 0 Å². The zero-order valence-corrected chi connectivity index (χ0v) is 5.54.